The Morgan fingerprint density at radius 1 is 0.919 bits per heavy atom. The molecule has 0 aliphatic heterocycles. The number of fused-ring (bicyclic) bond motifs is 1. The fraction of sp³-hybridized carbons (Fsp3) is 0.355. The molecule has 0 saturated carbocycles. The van der Waals surface area contributed by atoms with Crippen molar-refractivity contribution in [2.75, 3.05) is 13.2 Å². The van der Waals surface area contributed by atoms with Gasteiger partial charge >= 0.3 is 0 Å². The first-order chi connectivity index (χ1) is 18.1. The smallest absolute Gasteiger partial charge is 0.251 e. The van der Waals surface area contributed by atoms with Crippen LogP contribution in [0.3, 0.4) is 0 Å². The number of halogens is 1. The van der Waals surface area contributed by atoms with Crippen LogP contribution in [0.4, 0.5) is 0 Å². The lowest BCUT2D eigenvalue weighted by atomic mass is 10.1. The van der Waals surface area contributed by atoms with Crippen LogP contribution in [0.5, 0.6) is 5.75 Å². The second kappa shape index (κ2) is 13.8. The van der Waals surface area contributed by atoms with E-state index in [2.05, 4.69) is 59.3 Å². The van der Waals surface area contributed by atoms with Crippen molar-refractivity contribution in [2.45, 2.75) is 58.4 Å². The van der Waals surface area contributed by atoms with E-state index in [9.17, 15) is 4.79 Å². The SMILES string of the molecule is CCc1ccc(OCCCCn2c(CCCCCNC(=O)c3ccc(Cl)cc3)nc3ccccc32)cc1. The number of ether oxygens (including phenoxy) is 1. The third kappa shape index (κ3) is 7.83. The summed E-state index contributed by atoms with van der Waals surface area (Å²) in [7, 11) is 0. The molecular formula is C31H36ClN3O2. The monoisotopic (exact) mass is 517 g/mol. The van der Waals surface area contributed by atoms with Gasteiger partial charge in [0.25, 0.3) is 5.91 Å². The van der Waals surface area contributed by atoms with E-state index >= 15 is 0 Å². The van der Waals surface area contributed by atoms with Crippen LogP contribution < -0.4 is 10.1 Å². The van der Waals surface area contributed by atoms with Gasteiger partial charge in [-0.15, -0.1) is 0 Å². The molecule has 1 aromatic heterocycles. The summed E-state index contributed by atoms with van der Waals surface area (Å²) in [5.74, 6) is 2.03. The van der Waals surface area contributed by atoms with E-state index in [1.807, 2.05) is 6.07 Å². The van der Waals surface area contributed by atoms with Crippen molar-refractivity contribution in [1.29, 1.82) is 0 Å². The molecule has 37 heavy (non-hydrogen) atoms. The molecule has 0 fully saturated rings. The summed E-state index contributed by atoms with van der Waals surface area (Å²) in [6, 6.07) is 23.7. The zero-order valence-corrected chi connectivity index (χ0v) is 22.3. The van der Waals surface area contributed by atoms with E-state index < -0.39 is 0 Å². The first-order valence-electron chi connectivity index (χ1n) is 13.3. The van der Waals surface area contributed by atoms with Gasteiger partial charge in [-0.2, -0.15) is 0 Å². The highest BCUT2D eigenvalue weighted by molar-refractivity contribution is 6.30. The fourth-order valence-electron chi connectivity index (χ4n) is 4.44. The van der Waals surface area contributed by atoms with Gasteiger partial charge in [-0.05, 0) is 86.2 Å². The number of para-hydroxylation sites is 2. The summed E-state index contributed by atoms with van der Waals surface area (Å²) in [4.78, 5) is 17.2. The first kappa shape index (κ1) is 26.7. The van der Waals surface area contributed by atoms with E-state index in [0.717, 1.165) is 75.2 Å². The fourth-order valence-corrected chi connectivity index (χ4v) is 4.57. The van der Waals surface area contributed by atoms with Crippen LogP contribution in [0.1, 0.15) is 60.8 Å². The van der Waals surface area contributed by atoms with E-state index in [-0.39, 0.29) is 5.91 Å². The number of hydrogen-bond acceptors (Lipinski definition) is 3. The van der Waals surface area contributed by atoms with Gasteiger partial charge in [0.1, 0.15) is 11.6 Å². The van der Waals surface area contributed by atoms with Gasteiger partial charge in [-0.25, -0.2) is 4.98 Å². The summed E-state index contributed by atoms with van der Waals surface area (Å²) in [5, 5.41) is 3.63. The third-order valence-corrected chi connectivity index (χ3v) is 6.83. The Morgan fingerprint density at radius 2 is 1.70 bits per heavy atom. The maximum absolute atomic E-state index is 12.2. The van der Waals surface area contributed by atoms with Crippen molar-refractivity contribution in [3.05, 3.63) is 94.8 Å². The molecule has 4 aromatic rings. The van der Waals surface area contributed by atoms with Crippen LogP contribution in [0.2, 0.25) is 5.02 Å². The highest BCUT2D eigenvalue weighted by Crippen LogP contribution is 2.19. The lowest BCUT2D eigenvalue weighted by molar-refractivity contribution is 0.0953. The first-order valence-corrected chi connectivity index (χ1v) is 13.7. The zero-order chi connectivity index (χ0) is 25.9. The van der Waals surface area contributed by atoms with Gasteiger partial charge in [-0.1, -0.05) is 49.2 Å². The molecule has 3 aromatic carbocycles. The Bertz CT molecular complexity index is 1270. The lowest BCUT2D eigenvalue weighted by Crippen LogP contribution is -2.24. The van der Waals surface area contributed by atoms with Crippen LogP contribution in [0, 0.1) is 0 Å². The quantitative estimate of drug-likeness (QED) is 0.179. The van der Waals surface area contributed by atoms with Gasteiger partial charge < -0.3 is 14.6 Å². The Morgan fingerprint density at radius 3 is 2.49 bits per heavy atom. The molecule has 0 spiro atoms. The number of nitrogens with one attached hydrogen (secondary N) is 1. The largest absolute Gasteiger partial charge is 0.494 e. The molecule has 0 bridgehead atoms. The van der Waals surface area contributed by atoms with Crippen molar-refractivity contribution in [2.24, 2.45) is 0 Å². The number of aromatic nitrogens is 2. The second-order valence-electron chi connectivity index (χ2n) is 9.29. The molecule has 1 amide bonds. The molecule has 6 heteroatoms. The van der Waals surface area contributed by atoms with E-state index in [1.165, 1.54) is 11.1 Å². The summed E-state index contributed by atoms with van der Waals surface area (Å²) in [6.45, 7) is 4.48. The predicted molar refractivity (Wildman–Crippen MR) is 152 cm³/mol. The Labute approximate surface area is 224 Å². The average Bonchev–Trinajstić information content (AvgIpc) is 3.28. The van der Waals surface area contributed by atoms with Gasteiger partial charge in [0, 0.05) is 30.1 Å². The number of unbranched alkanes of at least 4 members (excludes halogenated alkanes) is 3. The molecule has 0 radical (unpaired) electrons. The number of nitrogens with zero attached hydrogens (tertiary/aromatic N) is 2. The van der Waals surface area contributed by atoms with Crippen LogP contribution >= 0.6 is 11.6 Å². The molecule has 0 saturated heterocycles. The summed E-state index contributed by atoms with van der Waals surface area (Å²) in [6.07, 6.45) is 7.02. The van der Waals surface area contributed by atoms with Crippen molar-refractivity contribution in [1.82, 2.24) is 14.9 Å². The summed E-state index contributed by atoms with van der Waals surface area (Å²) in [5.41, 5.74) is 4.22. The Hall–Kier alpha value is -3.31. The number of carbonyl (C=O) groups excluding carboxylic acids is 1. The molecule has 0 aliphatic rings. The summed E-state index contributed by atoms with van der Waals surface area (Å²) < 4.78 is 8.30. The standard InChI is InChI=1S/C31H36ClN3O2/c1-2-24-13-19-27(20-14-24)37-23-9-8-22-35-29-11-6-5-10-28(29)34-30(35)12-4-3-7-21-33-31(36)25-15-17-26(32)18-16-25/h5-6,10-11,13-20H,2-4,7-9,12,21-23H2,1H3,(H,33,36). The van der Waals surface area contributed by atoms with Crippen LogP contribution in [0.25, 0.3) is 11.0 Å². The number of amides is 1. The minimum Gasteiger partial charge on any atom is -0.494 e. The lowest BCUT2D eigenvalue weighted by Gasteiger charge is -2.11. The number of imidazole rings is 1. The molecule has 5 nitrogen and oxygen atoms in total. The minimum atomic E-state index is -0.0552. The maximum Gasteiger partial charge on any atom is 0.251 e. The van der Waals surface area contributed by atoms with Gasteiger partial charge in [0.05, 0.1) is 17.6 Å². The predicted octanol–water partition coefficient (Wildman–Crippen LogP) is 7.25. The average molecular weight is 518 g/mol. The van der Waals surface area contributed by atoms with Crippen LogP contribution in [-0.4, -0.2) is 28.6 Å². The number of benzene rings is 3. The molecule has 1 N–H and O–H groups in total. The van der Waals surface area contributed by atoms with Crippen molar-refractivity contribution in [3.8, 4) is 5.75 Å². The molecule has 0 aliphatic carbocycles. The highest BCUT2D eigenvalue weighted by Gasteiger charge is 2.10. The summed E-state index contributed by atoms with van der Waals surface area (Å²) >= 11 is 5.89. The Balaban J connectivity index is 1.20. The van der Waals surface area contributed by atoms with Crippen molar-refractivity contribution < 1.29 is 9.53 Å². The number of carbonyl (C=O) groups is 1. The van der Waals surface area contributed by atoms with Crippen LogP contribution in [-0.2, 0) is 19.4 Å². The molecule has 194 valence electrons. The normalized spacial score (nSPS) is 11.1. The number of rotatable bonds is 14. The highest BCUT2D eigenvalue weighted by atomic mass is 35.5. The number of aryl methyl sites for hydroxylation is 3. The van der Waals surface area contributed by atoms with E-state index in [1.54, 1.807) is 24.3 Å². The molecule has 4 rings (SSSR count). The zero-order valence-electron chi connectivity index (χ0n) is 21.6. The van der Waals surface area contributed by atoms with E-state index in [4.69, 9.17) is 21.3 Å². The Kier molecular flexibility index (Phi) is 10.0. The van der Waals surface area contributed by atoms with Crippen LogP contribution in [0.15, 0.2) is 72.8 Å². The topological polar surface area (TPSA) is 56.1 Å². The molecule has 0 unspecified atom stereocenters. The van der Waals surface area contributed by atoms with Crippen molar-refractivity contribution >= 4 is 28.5 Å². The van der Waals surface area contributed by atoms with E-state index in [0.29, 0.717) is 17.1 Å². The van der Waals surface area contributed by atoms with Gasteiger partial charge in [0.2, 0.25) is 0 Å². The second-order valence-corrected chi connectivity index (χ2v) is 9.73. The minimum absolute atomic E-state index is 0.0552. The molecule has 1 heterocycles. The molecule has 0 atom stereocenters. The number of hydrogen-bond donors (Lipinski definition) is 1. The third-order valence-electron chi connectivity index (χ3n) is 6.58. The van der Waals surface area contributed by atoms with Crippen molar-refractivity contribution in [3.63, 3.8) is 0 Å². The van der Waals surface area contributed by atoms with Gasteiger partial charge in [0.15, 0.2) is 0 Å². The van der Waals surface area contributed by atoms with Gasteiger partial charge in [-0.3, -0.25) is 4.79 Å². The molecular weight excluding hydrogens is 482 g/mol. The maximum atomic E-state index is 12.2.